The fraction of sp³-hybridized carbons (Fsp3) is 0.105. The Balaban J connectivity index is 1.75. The average molecular weight is 306 g/mol. The topological polar surface area (TPSA) is 60.4 Å². The first-order valence-corrected chi connectivity index (χ1v) is 7.18. The lowest BCUT2D eigenvalue weighted by molar-refractivity contribution is 0.0535. The van der Waals surface area contributed by atoms with Gasteiger partial charge in [-0.3, -0.25) is 9.59 Å². The van der Waals surface area contributed by atoms with Gasteiger partial charge >= 0.3 is 5.97 Å². The van der Waals surface area contributed by atoms with Crippen molar-refractivity contribution >= 4 is 17.5 Å². The lowest BCUT2D eigenvalue weighted by Gasteiger charge is -2.15. The third kappa shape index (κ3) is 2.97. The molecule has 0 fully saturated rings. The molecular formula is C19H14O4. The second-order valence-electron chi connectivity index (χ2n) is 5.35. The minimum Gasteiger partial charge on any atom is -0.457 e. The van der Waals surface area contributed by atoms with Crippen molar-refractivity contribution in [1.82, 2.24) is 0 Å². The molecule has 1 aliphatic carbocycles. The molecule has 0 spiro atoms. The number of ether oxygens (including phenoxy) is 1. The maximum Gasteiger partial charge on any atom is 0.338 e. The van der Waals surface area contributed by atoms with Crippen LogP contribution in [-0.4, -0.2) is 24.1 Å². The average Bonchev–Trinajstić information content (AvgIpc) is 2.56. The van der Waals surface area contributed by atoms with Crippen molar-refractivity contribution in [1.29, 1.82) is 0 Å². The van der Waals surface area contributed by atoms with Gasteiger partial charge in [0.1, 0.15) is 6.61 Å². The molecular weight excluding hydrogens is 292 g/mol. The van der Waals surface area contributed by atoms with Gasteiger partial charge in [-0.25, -0.2) is 4.79 Å². The Labute approximate surface area is 133 Å². The van der Waals surface area contributed by atoms with E-state index in [0.29, 0.717) is 16.7 Å². The normalized spacial score (nSPS) is 13.3. The summed E-state index contributed by atoms with van der Waals surface area (Å²) in [6.45, 7) is 1.66. The summed E-state index contributed by atoms with van der Waals surface area (Å²) in [4.78, 5) is 36.4. The molecule has 0 aromatic heterocycles. The van der Waals surface area contributed by atoms with Crippen LogP contribution in [0.15, 0.2) is 60.2 Å². The van der Waals surface area contributed by atoms with Crippen LogP contribution in [0.2, 0.25) is 0 Å². The van der Waals surface area contributed by atoms with E-state index in [-0.39, 0.29) is 23.7 Å². The molecule has 2 aromatic rings. The van der Waals surface area contributed by atoms with E-state index in [0.717, 1.165) is 5.56 Å². The van der Waals surface area contributed by atoms with Crippen LogP contribution in [0.4, 0.5) is 0 Å². The molecule has 4 heteroatoms. The highest BCUT2D eigenvalue weighted by Crippen LogP contribution is 2.21. The van der Waals surface area contributed by atoms with Crippen LogP contribution in [0.3, 0.4) is 0 Å². The van der Waals surface area contributed by atoms with Crippen molar-refractivity contribution in [3.8, 4) is 0 Å². The quantitative estimate of drug-likeness (QED) is 0.817. The van der Waals surface area contributed by atoms with Crippen molar-refractivity contribution in [2.75, 3.05) is 6.61 Å². The molecule has 0 radical (unpaired) electrons. The molecule has 0 bridgehead atoms. The molecule has 0 N–H and O–H groups in total. The summed E-state index contributed by atoms with van der Waals surface area (Å²) in [5.74, 6) is -1.05. The van der Waals surface area contributed by atoms with Gasteiger partial charge in [0.05, 0.1) is 5.56 Å². The predicted octanol–water partition coefficient (Wildman–Crippen LogP) is 3.16. The van der Waals surface area contributed by atoms with E-state index >= 15 is 0 Å². The highest BCUT2D eigenvalue weighted by molar-refractivity contribution is 6.24. The minimum absolute atomic E-state index is 0.190. The number of Topliss-reactive ketones (excluding diaryl/α,β-unsaturated/α-hetero) is 1. The van der Waals surface area contributed by atoms with E-state index in [1.807, 2.05) is 13.0 Å². The zero-order chi connectivity index (χ0) is 16.4. The summed E-state index contributed by atoms with van der Waals surface area (Å²) in [6, 6.07) is 13.6. The minimum atomic E-state index is -0.520. The largest absolute Gasteiger partial charge is 0.457 e. The number of rotatable bonds is 3. The summed E-state index contributed by atoms with van der Waals surface area (Å²) < 4.78 is 5.18. The summed E-state index contributed by atoms with van der Waals surface area (Å²) in [6.07, 6.45) is 1.24. The van der Waals surface area contributed by atoms with Gasteiger partial charge < -0.3 is 4.74 Å². The molecule has 23 heavy (non-hydrogen) atoms. The zero-order valence-corrected chi connectivity index (χ0v) is 12.5. The van der Waals surface area contributed by atoms with E-state index in [4.69, 9.17) is 4.74 Å². The van der Waals surface area contributed by atoms with Crippen molar-refractivity contribution in [3.63, 3.8) is 0 Å². The Morgan fingerprint density at radius 3 is 2.48 bits per heavy atom. The molecule has 0 heterocycles. The van der Waals surface area contributed by atoms with Crippen LogP contribution in [0.1, 0.15) is 36.6 Å². The molecule has 0 aliphatic heterocycles. The highest BCUT2D eigenvalue weighted by atomic mass is 16.5. The van der Waals surface area contributed by atoms with Crippen molar-refractivity contribution in [3.05, 3.63) is 82.4 Å². The Morgan fingerprint density at radius 2 is 1.74 bits per heavy atom. The molecule has 0 unspecified atom stereocenters. The van der Waals surface area contributed by atoms with E-state index in [2.05, 4.69) is 0 Å². The van der Waals surface area contributed by atoms with Crippen LogP contribution in [0.5, 0.6) is 0 Å². The fourth-order valence-electron chi connectivity index (χ4n) is 2.48. The fourth-order valence-corrected chi connectivity index (χ4v) is 2.48. The van der Waals surface area contributed by atoms with Crippen LogP contribution >= 0.6 is 0 Å². The predicted molar refractivity (Wildman–Crippen MR) is 84.6 cm³/mol. The summed E-state index contributed by atoms with van der Waals surface area (Å²) >= 11 is 0. The van der Waals surface area contributed by atoms with Crippen LogP contribution < -0.4 is 0 Å². The van der Waals surface area contributed by atoms with E-state index < -0.39 is 5.97 Å². The number of esters is 1. The number of allylic oxidation sites excluding steroid dienone is 1. The molecule has 114 valence electrons. The number of hydrogen-bond donors (Lipinski definition) is 0. The van der Waals surface area contributed by atoms with Gasteiger partial charge in [-0.1, -0.05) is 42.0 Å². The summed E-state index contributed by atoms with van der Waals surface area (Å²) in [5.41, 5.74) is 2.28. The Kier molecular flexibility index (Phi) is 3.89. The van der Waals surface area contributed by atoms with Crippen LogP contribution in [0.25, 0.3) is 0 Å². The molecule has 1 aliphatic rings. The molecule has 3 rings (SSSR count). The Bertz CT molecular complexity index is 846. The van der Waals surface area contributed by atoms with Gasteiger partial charge in [0.15, 0.2) is 11.6 Å². The first-order chi connectivity index (χ1) is 11.1. The van der Waals surface area contributed by atoms with E-state index in [1.54, 1.807) is 42.5 Å². The monoisotopic (exact) mass is 306 g/mol. The van der Waals surface area contributed by atoms with Crippen LogP contribution in [-0.2, 0) is 4.74 Å². The molecule has 0 amide bonds. The SMILES string of the molecule is Cc1cccc(C(=O)OCC2=CC(=O)c3ccccc3C2=O)c1. The molecule has 2 aromatic carbocycles. The number of ketones is 2. The third-order valence-electron chi connectivity index (χ3n) is 3.65. The standard InChI is InChI=1S/C19H14O4/c1-12-5-4-6-13(9-12)19(22)23-11-14-10-17(20)15-7-2-3-8-16(15)18(14)21/h2-10H,11H2,1H3. The van der Waals surface area contributed by atoms with Gasteiger partial charge in [-0.05, 0) is 25.1 Å². The zero-order valence-electron chi connectivity index (χ0n) is 12.5. The number of carbonyl (C=O) groups excluding carboxylic acids is 3. The second-order valence-corrected chi connectivity index (χ2v) is 5.35. The maximum atomic E-state index is 12.4. The van der Waals surface area contributed by atoms with Crippen molar-refractivity contribution in [2.24, 2.45) is 0 Å². The second kappa shape index (κ2) is 6.01. The van der Waals surface area contributed by atoms with Crippen molar-refractivity contribution < 1.29 is 19.1 Å². The molecule has 0 saturated heterocycles. The number of hydrogen-bond acceptors (Lipinski definition) is 4. The molecule has 4 nitrogen and oxygen atoms in total. The molecule has 0 atom stereocenters. The first-order valence-electron chi connectivity index (χ1n) is 7.18. The number of benzene rings is 2. The van der Waals surface area contributed by atoms with Gasteiger partial charge in [-0.15, -0.1) is 0 Å². The first kappa shape index (κ1) is 14.9. The highest BCUT2D eigenvalue weighted by Gasteiger charge is 2.25. The lowest BCUT2D eigenvalue weighted by Crippen LogP contribution is -2.21. The smallest absolute Gasteiger partial charge is 0.338 e. The van der Waals surface area contributed by atoms with Gasteiger partial charge in [-0.2, -0.15) is 0 Å². The Hall–Kier alpha value is -3.01. The van der Waals surface area contributed by atoms with Crippen LogP contribution in [0, 0.1) is 6.92 Å². The van der Waals surface area contributed by atoms with Gasteiger partial charge in [0, 0.05) is 16.7 Å². The molecule has 0 saturated carbocycles. The maximum absolute atomic E-state index is 12.4. The summed E-state index contributed by atoms with van der Waals surface area (Å²) in [5, 5.41) is 0. The van der Waals surface area contributed by atoms with E-state index in [1.165, 1.54) is 6.08 Å². The number of fused-ring (bicyclic) bond motifs is 1. The Morgan fingerprint density at radius 1 is 1.00 bits per heavy atom. The van der Waals surface area contributed by atoms with E-state index in [9.17, 15) is 14.4 Å². The lowest BCUT2D eigenvalue weighted by atomic mass is 9.90. The summed E-state index contributed by atoms with van der Waals surface area (Å²) in [7, 11) is 0. The number of carbonyl (C=O) groups is 3. The number of aryl methyl sites for hydroxylation is 1. The van der Waals surface area contributed by atoms with Crippen molar-refractivity contribution in [2.45, 2.75) is 6.92 Å². The third-order valence-corrected chi connectivity index (χ3v) is 3.65. The van der Waals surface area contributed by atoms with Gasteiger partial charge in [0.2, 0.25) is 0 Å². The van der Waals surface area contributed by atoms with Gasteiger partial charge in [0.25, 0.3) is 0 Å².